The molecule has 202 valence electrons. The summed E-state index contributed by atoms with van der Waals surface area (Å²) in [6, 6.07) is 22.7. The second-order valence-corrected chi connectivity index (χ2v) is 11.9. The van der Waals surface area contributed by atoms with E-state index in [4.69, 9.17) is 0 Å². The van der Waals surface area contributed by atoms with Gasteiger partial charge in [-0.25, -0.2) is 4.98 Å². The molecule has 2 aliphatic rings. The molecule has 0 saturated carbocycles. The predicted molar refractivity (Wildman–Crippen MR) is 154 cm³/mol. The van der Waals surface area contributed by atoms with Gasteiger partial charge in [-0.2, -0.15) is 0 Å². The number of amides is 1. The van der Waals surface area contributed by atoms with E-state index in [1.807, 2.05) is 22.4 Å². The number of hydrogen-bond donors (Lipinski definition) is 1. The molecule has 1 amide bonds. The molecule has 2 aromatic carbocycles. The number of rotatable bonds is 6. The fraction of sp³-hybridized carbons (Fsp3) is 0.387. The Morgan fingerprint density at radius 3 is 2.46 bits per heavy atom. The number of nitrogens with zero attached hydrogens (tertiary/aromatic N) is 4. The molecule has 0 unspecified atom stereocenters. The molecule has 2 fully saturated rings. The minimum absolute atomic E-state index is 0.0848. The molecule has 2 atom stereocenters. The molecule has 4 heterocycles. The first-order valence-corrected chi connectivity index (χ1v) is 14.6. The van der Waals surface area contributed by atoms with Crippen LogP contribution in [0.1, 0.15) is 36.3 Å². The Morgan fingerprint density at radius 2 is 1.72 bits per heavy atom. The van der Waals surface area contributed by atoms with Gasteiger partial charge in [-0.05, 0) is 48.4 Å². The van der Waals surface area contributed by atoms with Crippen LogP contribution in [0.4, 0.5) is 0 Å². The number of carbonyl (C=O) groups is 1. The SMILES string of the molecule is O=C([C@@H]1CCN(Cc2ccccc2)C[C@H]1c1ccccc1)N1CCC(O)(Cn2cnc3sccc3c2=O)CC1. The molecule has 6 rings (SSSR count). The number of piperidine rings is 2. The lowest BCUT2D eigenvalue weighted by atomic mass is 9.79. The van der Waals surface area contributed by atoms with Crippen LogP contribution >= 0.6 is 11.3 Å². The van der Waals surface area contributed by atoms with Crippen molar-refractivity contribution in [2.24, 2.45) is 5.92 Å². The van der Waals surface area contributed by atoms with Crippen molar-refractivity contribution in [3.63, 3.8) is 0 Å². The monoisotopic (exact) mass is 542 g/mol. The first-order valence-electron chi connectivity index (χ1n) is 13.7. The highest BCUT2D eigenvalue weighted by molar-refractivity contribution is 7.16. The van der Waals surface area contributed by atoms with E-state index in [1.165, 1.54) is 33.4 Å². The highest BCUT2D eigenvalue weighted by Gasteiger charge is 2.40. The van der Waals surface area contributed by atoms with Gasteiger partial charge < -0.3 is 10.0 Å². The van der Waals surface area contributed by atoms with Gasteiger partial charge in [-0.15, -0.1) is 11.3 Å². The number of aliphatic hydroxyl groups is 1. The number of benzene rings is 2. The number of likely N-dealkylation sites (tertiary alicyclic amines) is 2. The molecule has 0 bridgehead atoms. The van der Waals surface area contributed by atoms with Gasteiger partial charge in [-0.3, -0.25) is 19.1 Å². The Morgan fingerprint density at radius 1 is 1.00 bits per heavy atom. The lowest BCUT2D eigenvalue weighted by Crippen LogP contribution is -2.53. The third-order valence-electron chi connectivity index (χ3n) is 8.41. The first kappa shape index (κ1) is 25.9. The molecule has 0 aliphatic carbocycles. The summed E-state index contributed by atoms with van der Waals surface area (Å²) in [4.78, 5) is 36.2. The summed E-state index contributed by atoms with van der Waals surface area (Å²) in [6.45, 7) is 3.78. The summed E-state index contributed by atoms with van der Waals surface area (Å²) in [5, 5.41) is 13.8. The van der Waals surface area contributed by atoms with Gasteiger partial charge in [0.05, 0.1) is 23.9 Å². The largest absolute Gasteiger partial charge is 0.388 e. The molecule has 2 aromatic heterocycles. The van der Waals surface area contributed by atoms with Crippen molar-refractivity contribution in [1.82, 2.24) is 19.4 Å². The molecule has 0 spiro atoms. The molecule has 8 heteroatoms. The van der Waals surface area contributed by atoms with Crippen LogP contribution in [-0.4, -0.2) is 62.1 Å². The van der Waals surface area contributed by atoms with E-state index in [0.717, 1.165) is 26.1 Å². The highest BCUT2D eigenvalue weighted by Crippen LogP contribution is 2.36. The topological polar surface area (TPSA) is 78.7 Å². The zero-order valence-corrected chi connectivity index (χ0v) is 22.8. The van der Waals surface area contributed by atoms with E-state index in [2.05, 4.69) is 58.4 Å². The van der Waals surface area contributed by atoms with E-state index >= 15 is 0 Å². The molecule has 1 N–H and O–H groups in total. The third-order valence-corrected chi connectivity index (χ3v) is 9.23. The Kier molecular flexibility index (Phi) is 7.34. The molecule has 39 heavy (non-hydrogen) atoms. The van der Waals surface area contributed by atoms with E-state index < -0.39 is 5.60 Å². The molecule has 0 radical (unpaired) electrons. The Bertz CT molecular complexity index is 1480. The third kappa shape index (κ3) is 5.55. The maximum Gasteiger partial charge on any atom is 0.262 e. The van der Waals surface area contributed by atoms with Crippen molar-refractivity contribution in [2.45, 2.75) is 43.9 Å². The minimum Gasteiger partial charge on any atom is -0.388 e. The number of aromatic nitrogens is 2. The van der Waals surface area contributed by atoms with Crippen LogP contribution in [0, 0.1) is 5.92 Å². The summed E-state index contributed by atoms with van der Waals surface area (Å²) in [5.74, 6) is 0.223. The predicted octanol–water partition coefficient (Wildman–Crippen LogP) is 4.12. The molecular formula is C31H34N4O3S. The number of fused-ring (bicyclic) bond motifs is 1. The summed E-state index contributed by atoms with van der Waals surface area (Å²) in [6.07, 6.45) is 3.23. The molecule has 2 aliphatic heterocycles. The zero-order chi connectivity index (χ0) is 26.8. The number of thiophene rings is 1. The zero-order valence-electron chi connectivity index (χ0n) is 22.0. The molecule has 2 saturated heterocycles. The summed E-state index contributed by atoms with van der Waals surface area (Å²) < 4.78 is 1.51. The van der Waals surface area contributed by atoms with Gasteiger partial charge in [0.15, 0.2) is 0 Å². The van der Waals surface area contributed by atoms with Crippen LogP contribution in [0.3, 0.4) is 0 Å². The van der Waals surface area contributed by atoms with Gasteiger partial charge >= 0.3 is 0 Å². The number of hydrogen-bond acceptors (Lipinski definition) is 6. The Labute approximate surface area is 232 Å². The minimum atomic E-state index is -1.04. The Balaban J connectivity index is 1.13. The molecule has 7 nitrogen and oxygen atoms in total. The normalized spacial score (nSPS) is 21.7. The van der Waals surface area contributed by atoms with E-state index in [-0.39, 0.29) is 29.8 Å². The summed E-state index contributed by atoms with van der Waals surface area (Å²) in [5.41, 5.74) is 1.33. The molecular weight excluding hydrogens is 508 g/mol. The van der Waals surface area contributed by atoms with Crippen LogP contribution in [0.15, 0.2) is 83.2 Å². The van der Waals surface area contributed by atoms with E-state index in [9.17, 15) is 14.7 Å². The molecule has 4 aromatic rings. The summed E-state index contributed by atoms with van der Waals surface area (Å²) >= 11 is 1.44. The lowest BCUT2D eigenvalue weighted by Gasteiger charge is -2.43. The van der Waals surface area contributed by atoms with Gasteiger partial charge in [0.1, 0.15) is 4.83 Å². The Hall–Kier alpha value is -3.33. The van der Waals surface area contributed by atoms with Crippen LogP contribution in [0.2, 0.25) is 0 Å². The van der Waals surface area contributed by atoms with Crippen LogP contribution in [0.5, 0.6) is 0 Å². The lowest BCUT2D eigenvalue weighted by molar-refractivity contribution is -0.142. The van der Waals surface area contributed by atoms with Crippen molar-refractivity contribution in [2.75, 3.05) is 26.2 Å². The van der Waals surface area contributed by atoms with Crippen molar-refractivity contribution in [1.29, 1.82) is 0 Å². The maximum absolute atomic E-state index is 13.9. The number of carbonyl (C=O) groups excluding carboxylic acids is 1. The van der Waals surface area contributed by atoms with Crippen molar-refractivity contribution in [3.05, 3.63) is 99.9 Å². The highest BCUT2D eigenvalue weighted by atomic mass is 32.1. The summed E-state index contributed by atoms with van der Waals surface area (Å²) in [7, 11) is 0. The van der Waals surface area contributed by atoms with Crippen LogP contribution in [-0.2, 0) is 17.9 Å². The van der Waals surface area contributed by atoms with Gasteiger partial charge in [0, 0.05) is 38.0 Å². The second kappa shape index (κ2) is 11.0. The van der Waals surface area contributed by atoms with Crippen molar-refractivity contribution in [3.8, 4) is 0 Å². The van der Waals surface area contributed by atoms with Crippen LogP contribution in [0.25, 0.3) is 10.2 Å². The van der Waals surface area contributed by atoms with Crippen LogP contribution < -0.4 is 5.56 Å². The van der Waals surface area contributed by atoms with Crippen molar-refractivity contribution < 1.29 is 9.90 Å². The van der Waals surface area contributed by atoms with Crippen molar-refractivity contribution >= 4 is 27.5 Å². The average Bonchev–Trinajstić information content (AvgIpc) is 3.46. The fourth-order valence-corrected chi connectivity index (χ4v) is 6.92. The van der Waals surface area contributed by atoms with E-state index in [0.29, 0.717) is 36.1 Å². The van der Waals surface area contributed by atoms with Gasteiger partial charge in [0.25, 0.3) is 5.56 Å². The second-order valence-electron chi connectivity index (χ2n) is 11.0. The maximum atomic E-state index is 13.9. The fourth-order valence-electron chi connectivity index (χ4n) is 6.20. The first-order chi connectivity index (χ1) is 19.0. The average molecular weight is 543 g/mol. The van der Waals surface area contributed by atoms with E-state index in [1.54, 1.807) is 6.07 Å². The quantitative estimate of drug-likeness (QED) is 0.397. The van der Waals surface area contributed by atoms with Gasteiger partial charge in [0.2, 0.25) is 5.91 Å². The standard InChI is InChI=1S/C31H34N4O3S/c36-29(34-16-13-31(38,14-17-34)21-35-22-32-28-26(30(35)37)12-18-39-28)25-11-15-33(19-23-7-3-1-4-8-23)20-27(25)24-9-5-2-6-10-24/h1-10,12,18,22,25,27,38H,11,13-17,19-21H2/t25-,27+/m1/s1. The smallest absolute Gasteiger partial charge is 0.262 e. The van der Waals surface area contributed by atoms with Gasteiger partial charge in [-0.1, -0.05) is 60.7 Å².